The van der Waals surface area contributed by atoms with Crippen molar-refractivity contribution in [1.82, 2.24) is 30.0 Å². The fourth-order valence-electron chi connectivity index (χ4n) is 4.83. The van der Waals surface area contributed by atoms with Gasteiger partial charge in [-0.2, -0.15) is 5.10 Å². The Kier molecular flexibility index (Phi) is 6.38. The topological polar surface area (TPSA) is 105 Å². The lowest BCUT2D eigenvalue weighted by molar-refractivity contribution is -0.126. The van der Waals surface area contributed by atoms with Crippen LogP contribution in [0.5, 0.6) is 0 Å². The molecule has 5 rings (SSSR count). The summed E-state index contributed by atoms with van der Waals surface area (Å²) < 4.78 is 21.1. The minimum Gasteiger partial charge on any atom is -0.365 e. The number of aryl methyl sites for hydroxylation is 2. The van der Waals surface area contributed by atoms with E-state index in [2.05, 4.69) is 20.5 Å². The summed E-state index contributed by atoms with van der Waals surface area (Å²) in [5.41, 5.74) is 4.89. The number of hydrogen-bond acceptors (Lipinski definition) is 5. The van der Waals surface area contributed by atoms with Crippen LogP contribution in [0.2, 0.25) is 0 Å². The van der Waals surface area contributed by atoms with Crippen LogP contribution in [-0.4, -0.2) is 49.6 Å². The third-order valence-electron chi connectivity index (χ3n) is 7.05. The number of carbonyl (C=O) groups is 2. The number of piperidine rings is 1. The Labute approximate surface area is 202 Å². The van der Waals surface area contributed by atoms with Gasteiger partial charge in [-0.25, -0.2) is 9.37 Å². The molecule has 1 aromatic carbocycles. The molecule has 184 valence electrons. The van der Waals surface area contributed by atoms with Gasteiger partial charge in [-0.15, -0.1) is 0 Å². The maximum absolute atomic E-state index is 13.2. The molecule has 1 atom stereocenters. The third kappa shape index (κ3) is 4.70. The molecule has 35 heavy (non-hydrogen) atoms. The SMILES string of the molecule is Cc1n[nH]c(C)c1CNC(=O)C1CCN(C(=O)c2ncn3c2CO[C@H](c2ccc(F)cc2)C3)CC1. The Morgan fingerprint density at radius 2 is 1.94 bits per heavy atom. The molecule has 1 fully saturated rings. The molecule has 2 amide bonds. The minimum atomic E-state index is -0.287. The highest BCUT2D eigenvalue weighted by molar-refractivity contribution is 5.93. The number of hydrogen-bond donors (Lipinski definition) is 2. The molecule has 0 radical (unpaired) electrons. The summed E-state index contributed by atoms with van der Waals surface area (Å²) in [5, 5.41) is 10.1. The molecule has 4 heterocycles. The van der Waals surface area contributed by atoms with Crippen LogP contribution in [0.25, 0.3) is 0 Å². The second-order valence-corrected chi connectivity index (χ2v) is 9.24. The van der Waals surface area contributed by atoms with E-state index in [4.69, 9.17) is 4.74 Å². The number of benzene rings is 1. The van der Waals surface area contributed by atoms with Gasteiger partial charge < -0.3 is 19.5 Å². The summed E-state index contributed by atoms with van der Waals surface area (Å²) >= 11 is 0. The molecule has 10 heteroatoms. The van der Waals surface area contributed by atoms with E-state index in [0.29, 0.717) is 44.7 Å². The first-order valence-corrected chi connectivity index (χ1v) is 11.9. The highest BCUT2D eigenvalue weighted by atomic mass is 19.1. The van der Waals surface area contributed by atoms with Crippen LogP contribution in [0.15, 0.2) is 30.6 Å². The smallest absolute Gasteiger partial charge is 0.274 e. The lowest BCUT2D eigenvalue weighted by Gasteiger charge is -2.31. The summed E-state index contributed by atoms with van der Waals surface area (Å²) in [6.45, 7) is 6.09. The van der Waals surface area contributed by atoms with Gasteiger partial charge in [-0.1, -0.05) is 12.1 Å². The molecule has 3 aromatic rings. The average molecular weight is 481 g/mol. The number of aromatic nitrogens is 4. The summed E-state index contributed by atoms with van der Waals surface area (Å²) in [6, 6.07) is 6.26. The second-order valence-electron chi connectivity index (χ2n) is 9.24. The largest absolute Gasteiger partial charge is 0.365 e. The van der Waals surface area contributed by atoms with Gasteiger partial charge in [0.1, 0.15) is 11.9 Å². The first kappa shape index (κ1) is 23.2. The molecule has 2 N–H and O–H groups in total. The van der Waals surface area contributed by atoms with E-state index in [1.807, 2.05) is 18.4 Å². The van der Waals surface area contributed by atoms with E-state index < -0.39 is 0 Å². The Morgan fingerprint density at radius 3 is 2.63 bits per heavy atom. The normalized spacial score (nSPS) is 18.4. The first-order valence-electron chi connectivity index (χ1n) is 11.9. The van der Waals surface area contributed by atoms with E-state index in [1.165, 1.54) is 12.1 Å². The van der Waals surface area contributed by atoms with Crippen LogP contribution < -0.4 is 5.32 Å². The van der Waals surface area contributed by atoms with Crippen molar-refractivity contribution in [1.29, 1.82) is 0 Å². The number of amides is 2. The van der Waals surface area contributed by atoms with Gasteiger partial charge in [0.15, 0.2) is 5.69 Å². The number of aromatic amines is 1. The number of likely N-dealkylation sites (tertiary alicyclic amines) is 1. The van der Waals surface area contributed by atoms with Gasteiger partial charge in [-0.3, -0.25) is 14.7 Å². The standard InChI is InChI=1S/C25H29FN6O3/c1-15-20(16(2)30-29-15)11-27-24(33)18-7-9-31(10-8-18)25(34)23-21-13-35-22(12-32(21)14-28-23)17-3-5-19(26)6-4-17/h3-6,14,18,22H,7-13H2,1-2H3,(H,27,33)(H,29,30)/t22-/m0/s1. The first-order chi connectivity index (χ1) is 16.9. The molecule has 9 nitrogen and oxygen atoms in total. The number of nitrogens with one attached hydrogen (secondary N) is 2. The average Bonchev–Trinajstić information content (AvgIpc) is 3.44. The van der Waals surface area contributed by atoms with Crippen LogP contribution in [0, 0.1) is 25.6 Å². The van der Waals surface area contributed by atoms with E-state index in [1.54, 1.807) is 23.4 Å². The number of nitrogens with zero attached hydrogens (tertiary/aromatic N) is 4. The molecule has 2 aliphatic heterocycles. The number of H-pyrrole nitrogens is 1. The Morgan fingerprint density at radius 1 is 1.20 bits per heavy atom. The Hall–Kier alpha value is -3.53. The van der Waals surface area contributed by atoms with Gasteiger partial charge in [0.25, 0.3) is 5.91 Å². The summed E-state index contributed by atoms with van der Waals surface area (Å²) in [7, 11) is 0. The maximum atomic E-state index is 13.2. The van der Waals surface area contributed by atoms with Crippen molar-refractivity contribution in [3.05, 3.63) is 70.3 Å². The van der Waals surface area contributed by atoms with Crippen molar-refractivity contribution >= 4 is 11.8 Å². The number of fused-ring (bicyclic) bond motifs is 1. The van der Waals surface area contributed by atoms with Crippen LogP contribution in [0.3, 0.4) is 0 Å². The van der Waals surface area contributed by atoms with Crippen molar-refractivity contribution < 1.29 is 18.7 Å². The number of halogens is 1. The number of rotatable bonds is 5. The molecule has 1 saturated heterocycles. The predicted molar refractivity (Wildman–Crippen MR) is 125 cm³/mol. The van der Waals surface area contributed by atoms with Crippen molar-refractivity contribution in [3.63, 3.8) is 0 Å². The third-order valence-corrected chi connectivity index (χ3v) is 7.05. The number of carbonyl (C=O) groups excluding carboxylic acids is 2. The van der Waals surface area contributed by atoms with Crippen molar-refractivity contribution in [2.24, 2.45) is 5.92 Å². The lowest BCUT2D eigenvalue weighted by atomic mass is 9.95. The fraction of sp³-hybridized carbons (Fsp3) is 0.440. The van der Waals surface area contributed by atoms with E-state index in [0.717, 1.165) is 28.2 Å². The van der Waals surface area contributed by atoms with Crippen LogP contribution >= 0.6 is 0 Å². The quantitative estimate of drug-likeness (QED) is 0.584. The molecule has 0 aliphatic carbocycles. The van der Waals surface area contributed by atoms with Crippen LogP contribution in [0.1, 0.15) is 57.6 Å². The second kappa shape index (κ2) is 9.61. The molecule has 0 unspecified atom stereocenters. The lowest BCUT2D eigenvalue weighted by Crippen LogP contribution is -2.43. The van der Waals surface area contributed by atoms with Gasteiger partial charge in [0, 0.05) is 36.8 Å². The van der Waals surface area contributed by atoms with E-state index in [9.17, 15) is 14.0 Å². The monoisotopic (exact) mass is 480 g/mol. The molecule has 2 aromatic heterocycles. The van der Waals surface area contributed by atoms with Crippen molar-refractivity contribution in [3.8, 4) is 0 Å². The molecular formula is C25H29FN6O3. The zero-order valence-corrected chi connectivity index (χ0v) is 19.9. The molecule has 0 saturated carbocycles. The maximum Gasteiger partial charge on any atom is 0.274 e. The molecule has 2 aliphatic rings. The fourth-order valence-corrected chi connectivity index (χ4v) is 4.83. The predicted octanol–water partition coefficient (Wildman–Crippen LogP) is 2.80. The summed E-state index contributed by atoms with van der Waals surface area (Å²) in [4.78, 5) is 32.0. The van der Waals surface area contributed by atoms with E-state index >= 15 is 0 Å². The highest BCUT2D eigenvalue weighted by Crippen LogP contribution is 2.29. The zero-order chi connectivity index (χ0) is 24.5. The van der Waals surface area contributed by atoms with Gasteiger partial charge in [-0.05, 0) is 44.4 Å². The zero-order valence-electron chi connectivity index (χ0n) is 19.9. The Bertz CT molecular complexity index is 1210. The van der Waals surface area contributed by atoms with Crippen LogP contribution in [-0.2, 0) is 29.2 Å². The molecular weight excluding hydrogens is 451 g/mol. The van der Waals surface area contributed by atoms with Crippen LogP contribution in [0.4, 0.5) is 4.39 Å². The summed E-state index contributed by atoms with van der Waals surface area (Å²) in [5.74, 6) is -0.532. The highest BCUT2D eigenvalue weighted by Gasteiger charge is 2.32. The van der Waals surface area contributed by atoms with Crippen molar-refractivity contribution in [2.75, 3.05) is 13.1 Å². The van der Waals surface area contributed by atoms with E-state index in [-0.39, 0.29) is 36.3 Å². The molecule has 0 spiro atoms. The number of ether oxygens (including phenoxy) is 1. The van der Waals surface area contributed by atoms with Gasteiger partial charge in [0.2, 0.25) is 5.91 Å². The van der Waals surface area contributed by atoms with Gasteiger partial charge >= 0.3 is 0 Å². The minimum absolute atomic E-state index is 0.0108. The Balaban J connectivity index is 1.16. The van der Waals surface area contributed by atoms with Crippen molar-refractivity contribution in [2.45, 2.75) is 52.5 Å². The number of imidazole rings is 1. The molecule has 0 bridgehead atoms. The van der Waals surface area contributed by atoms with Gasteiger partial charge in [0.05, 0.1) is 30.9 Å². The summed E-state index contributed by atoms with van der Waals surface area (Å²) in [6.07, 6.45) is 2.67.